The fraction of sp³-hybridized carbons (Fsp3) is 0.727. The molecule has 1 aromatic heterocycles. The van der Waals surface area contributed by atoms with Crippen LogP contribution in [0.15, 0.2) is 0 Å². The minimum absolute atomic E-state index is 0.00709. The van der Waals surface area contributed by atoms with E-state index in [1.807, 2.05) is 16.8 Å². The van der Waals surface area contributed by atoms with Crippen molar-refractivity contribution in [1.82, 2.24) is 25.6 Å². The summed E-state index contributed by atoms with van der Waals surface area (Å²) in [6.07, 6.45) is 5.26. The first-order chi connectivity index (χ1) is 16.8. The van der Waals surface area contributed by atoms with Crippen LogP contribution in [0.4, 0.5) is 20.8 Å². The summed E-state index contributed by atoms with van der Waals surface area (Å²) in [4.78, 5) is 35.6. The van der Waals surface area contributed by atoms with E-state index in [1.54, 1.807) is 0 Å². The topological polar surface area (TPSA) is 143 Å². The third kappa shape index (κ3) is 7.77. The summed E-state index contributed by atoms with van der Waals surface area (Å²) >= 11 is 6.09. The molecule has 1 aliphatic carbocycles. The molecule has 0 spiro atoms. The monoisotopic (exact) mass is 515 g/mol. The molecular formula is C22H35ClFN7O4. The molecule has 0 aromatic carbocycles. The fourth-order valence-corrected chi connectivity index (χ4v) is 5.14. The number of carbonyl (C=O) groups excluding carboxylic acids is 1. The van der Waals surface area contributed by atoms with Gasteiger partial charge in [-0.2, -0.15) is 14.4 Å². The van der Waals surface area contributed by atoms with Crippen molar-refractivity contribution in [3.05, 3.63) is 11.1 Å². The maximum Gasteiger partial charge on any atom is 0.404 e. The summed E-state index contributed by atoms with van der Waals surface area (Å²) in [5.41, 5.74) is 5.01. The largest absolute Gasteiger partial charge is 0.465 e. The van der Waals surface area contributed by atoms with Crippen LogP contribution in [-0.4, -0.2) is 83.0 Å². The molecule has 35 heavy (non-hydrogen) atoms. The summed E-state index contributed by atoms with van der Waals surface area (Å²) in [5.74, 6) is -1.64. The van der Waals surface area contributed by atoms with Crippen molar-refractivity contribution in [2.24, 2.45) is 11.8 Å². The molecule has 2 fully saturated rings. The van der Waals surface area contributed by atoms with Gasteiger partial charge < -0.3 is 25.3 Å². The van der Waals surface area contributed by atoms with E-state index < -0.39 is 23.7 Å². The number of aliphatic hydroxyl groups is 1. The van der Waals surface area contributed by atoms with E-state index in [0.29, 0.717) is 32.0 Å². The number of hydrazine groups is 1. The Morgan fingerprint density at radius 2 is 2.00 bits per heavy atom. The first-order valence-electron chi connectivity index (χ1n) is 12.1. The van der Waals surface area contributed by atoms with Gasteiger partial charge in [0, 0.05) is 32.2 Å². The molecule has 0 unspecified atom stereocenters. The van der Waals surface area contributed by atoms with Gasteiger partial charge in [-0.1, -0.05) is 25.7 Å². The zero-order chi connectivity index (χ0) is 25.4. The number of rotatable bonds is 12. The predicted octanol–water partition coefficient (Wildman–Crippen LogP) is 2.07. The number of aromatic nitrogens is 2. The number of hydrogen-bond donors (Lipinski definition) is 5. The molecular weight excluding hydrogens is 481 g/mol. The average molecular weight is 516 g/mol. The van der Waals surface area contributed by atoms with Crippen molar-refractivity contribution < 1.29 is 24.2 Å². The van der Waals surface area contributed by atoms with Crippen molar-refractivity contribution >= 4 is 35.2 Å². The number of carboxylic acid groups (broad SMARTS) is 1. The van der Waals surface area contributed by atoms with Gasteiger partial charge in [-0.25, -0.2) is 4.79 Å². The third-order valence-corrected chi connectivity index (χ3v) is 6.90. The van der Waals surface area contributed by atoms with Gasteiger partial charge >= 0.3 is 6.09 Å². The Bertz CT molecular complexity index is 874. The lowest BCUT2D eigenvalue weighted by atomic mass is 9.92. The van der Waals surface area contributed by atoms with E-state index in [0.717, 1.165) is 38.5 Å². The minimum Gasteiger partial charge on any atom is -0.465 e. The van der Waals surface area contributed by atoms with Gasteiger partial charge in [0.2, 0.25) is 17.0 Å². The van der Waals surface area contributed by atoms with Crippen LogP contribution in [0, 0.1) is 17.7 Å². The molecule has 2 aliphatic rings. The fourth-order valence-electron chi connectivity index (χ4n) is 4.97. The standard InChI is InChI=1S/C22H35ClFN7O4/c1-30(9-10-32)13-16-7-4-8-31(16)19-17(24)18(26-21(23)27-19)28-29-20(33)15(12-25-22(34)35)11-14-5-2-3-6-14/h14-16,25,32H,2-13H2,1H3,(H,29,33)(H,34,35)(H,26,27,28)/t15-,16+/m1/s1. The molecule has 1 aromatic rings. The van der Waals surface area contributed by atoms with E-state index >= 15 is 4.39 Å². The summed E-state index contributed by atoms with van der Waals surface area (Å²) in [6, 6.07) is -0.00709. The molecule has 13 heteroatoms. The molecule has 2 heterocycles. The molecule has 1 saturated heterocycles. The maximum absolute atomic E-state index is 15.4. The SMILES string of the molecule is CN(CCO)C[C@@H]1CCCN1c1nc(Cl)nc(NNC(=O)[C@@H](CNC(=O)O)CC2CCCC2)c1F. The molecule has 3 rings (SSSR count). The van der Waals surface area contributed by atoms with Crippen LogP contribution in [0.3, 0.4) is 0 Å². The number of anilines is 2. The van der Waals surface area contributed by atoms with Crippen LogP contribution >= 0.6 is 11.6 Å². The highest BCUT2D eigenvalue weighted by atomic mass is 35.5. The summed E-state index contributed by atoms with van der Waals surface area (Å²) in [6.45, 7) is 1.73. The van der Waals surface area contributed by atoms with Crippen molar-refractivity contribution in [3.63, 3.8) is 0 Å². The third-order valence-electron chi connectivity index (χ3n) is 6.73. The van der Waals surface area contributed by atoms with Gasteiger partial charge in [0.1, 0.15) is 0 Å². The van der Waals surface area contributed by atoms with E-state index in [9.17, 15) is 9.59 Å². The first-order valence-corrected chi connectivity index (χ1v) is 12.5. The number of hydrogen-bond acceptors (Lipinski definition) is 8. The Labute approximate surface area is 209 Å². The smallest absolute Gasteiger partial charge is 0.404 e. The van der Waals surface area contributed by atoms with E-state index in [4.69, 9.17) is 21.8 Å². The number of aliphatic hydroxyl groups excluding tert-OH is 1. The number of amides is 2. The van der Waals surface area contributed by atoms with Crippen LogP contribution in [0.2, 0.25) is 5.28 Å². The van der Waals surface area contributed by atoms with Gasteiger partial charge in [-0.05, 0) is 43.8 Å². The van der Waals surface area contributed by atoms with Crippen molar-refractivity contribution in [3.8, 4) is 0 Å². The number of carbonyl (C=O) groups is 2. The normalized spacial score (nSPS) is 19.2. The van der Waals surface area contributed by atoms with E-state index in [1.165, 1.54) is 0 Å². The zero-order valence-electron chi connectivity index (χ0n) is 20.0. The molecule has 2 atom stereocenters. The number of nitrogens with zero attached hydrogens (tertiary/aromatic N) is 4. The predicted molar refractivity (Wildman–Crippen MR) is 130 cm³/mol. The molecule has 5 N–H and O–H groups in total. The maximum atomic E-state index is 15.4. The Hall–Kier alpha value is -2.44. The van der Waals surface area contributed by atoms with Gasteiger partial charge in [0.15, 0.2) is 11.6 Å². The van der Waals surface area contributed by atoms with Gasteiger partial charge in [0.05, 0.1) is 12.5 Å². The highest BCUT2D eigenvalue weighted by molar-refractivity contribution is 6.28. The Morgan fingerprint density at radius 3 is 2.69 bits per heavy atom. The number of halogens is 2. The average Bonchev–Trinajstić information content (AvgIpc) is 3.49. The van der Waals surface area contributed by atoms with Crippen molar-refractivity contribution in [2.75, 3.05) is 50.2 Å². The zero-order valence-corrected chi connectivity index (χ0v) is 20.7. The van der Waals surface area contributed by atoms with Gasteiger partial charge in [0.25, 0.3) is 0 Å². The second-order valence-electron chi connectivity index (χ2n) is 9.34. The minimum atomic E-state index is -1.20. The molecule has 0 bridgehead atoms. The van der Waals surface area contributed by atoms with Crippen LogP contribution in [0.5, 0.6) is 0 Å². The summed E-state index contributed by atoms with van der Waals surface area (Å²) in [7, 11) is 1.89. The van der Waals surface area contributed by atoms with Gasteiger partial charge in [-0.15, -0.1) is 0 Å². The molecule has 1 saturated carbocycles. The second kappa shape index (κ2) is 13.0. The Kier molecular flexibility index (Phi) is 10.1. The Morgan fingerprint density at radius 1 is 1.26 bits per heavy atom. The highest BCUT2D eigenvalue weighted by Crippen LogP contribution is 2.32. The van der Waals surface area contributed by atoms with E-state index in [-0.39, 0.29) is 36.1 Å². The number of nitrogens with one attached hydrogen (secondary N) is 3. The second-order valence-corrected chi connectivity index (χ2v) is 9.68. The van der Waals surface area contributed by atoms with Crippen molar-refractivity contribution in [1.29, 1.82) is 0 Å². The summed E-state index contributed by atoms with van der Waals surface area (Å²) < 4.78 is 15.4. The lowest BCUT2D eigenvalue weighted by Gasteiger charge is -2.29. The van der Waals surface area contributed by atoms with Crippen LogP contribution in [-0.2, 0) is 4.79 Å². The van der Waals surface area contributed by atoms with Gasteiger partial charge in [-0.3, -0.25) is 15.6 Å². The molecule has 2 amide bonds. The Balaban J connectivity index is 1.69. The molecule has 0 radical (unpaired) electrons. The number of likely N-dealkylation sites (N-methyl/N-ethyl adjacent to an activating group) is 1. The van der Waals surface area contributed by atoms with Crippen LogP contribution in [0.1, 0.15) is 44.9 Å². The van der Waals surface area contributed by atoms with E-state index in [2.05, 4.69) is 26.1 Å². The molecule has 11 nitrogen and oxygen atoms in total. The lowest BCUT2D eigenvalue weighted by Crippen LogP contribution is -2.42. The first kappa shape index (κ1) is 27.2. The van der Waals surface area contributed by atoms with Crippen LogP contribution < -0.4 is 21.1 Å². The molecule has 1 aliphatic heterocycles. The summed E-state index contributed by atoms with van der Waals surface area (Å²) in [5, 5.41) is 20.2. The lowest BCUT2D eigenvalue weighted by molar-refractivity contribution is -0.124. The highest BCUT2D eigenvalue weighted by Gasteiger charge is 2.31. The quantitative estimate of drug-likeness (QED) is 0.209. The van der Waals surface area contributed by atoms with Crippen LogP contribution in [0.25, 0.3) is 0 Å². The molecule has 196 valence electrons. The van der Waals surface area contributed by atoms with Crippen molar-refractivity contribution in [2.45, 2.75) is 51.0 Å².